The quantitative estimate of drug-likeness (QED) is 0.257. The first-order valence-corrected chi connectivity index (χ1v) is 13.2. The van der Waals surface area contributed by atoms with Crippen molar-refractivity contribution in [2.24, 2.45) is 35.0 Å². The summed E-state index contributed by atoms with van der Waals surface area (Å²) in [5.74, 6) is -3.87. The number of epoxide rings is 1. The van der Waals surface area contributed by atoms with E-state index in [2.05, 4.69) is 0 Å². The number of ketones is 1. The minimum Gasteiger partial charge on any atom is -0.461 e. The highest BCUT2D eigenvalue weighted by Crippen LogP contribution is 2.68. The van der Waals surface area contributed by atoms with E-state index >= 15 is 0 Å². The van der Waals surface area contributed by atoms with Gasteiger partial charge in [-0.25, -0.2) is 0 Å². The molecular weight excluding hydrogens is 480 g/mol. The zero-order valence-corrected chi connectivity index (χ0v) is 23.2. The third kappa shape index (κ3) is 4.13. The average molecular weight is 521 g/mol. The number of aliphatic hydroxyl groups is 1. The zero-order valence-electron chi connectivity index (χ0n) is 23.2. The first kappa shape index (κ1) is 27.8. The summed E-state index contributed by atoms with van der Waals surface area (Å²) in [4.78, 5) is 51.4. The van der Waals surface area contributed by atoms with Crippen LogP contribution in [-0.4, -0.2) is 64.4 Å². The number of hydrogen-bond acceptors (Lipinski definition) is 9. The lowest BCUT2D eigenvalue weighted by Gasteiger charge is -2.30. The summed E-state index contributed by atoms with van der Waals surface area (Å²) < 4.78 is 23.8. The molecule has 1 unspecified atom stereocenters. The van der Waals surface area contributed by atoms with Crippen LogP contribution in [0.25, 0.3) is 0 Å². The van der Waals surface area contributed by atoms with Crippen molar-refractivity contribution in [2.45, 2.75) is 104 Å². The Morgan fingerprint density at radius 1 is 1.03 bits per heavy atom. The van der Waals surface area contributed by atoms with Crippen LogP contribution in [0, 0.1) is 35.0 Å². The van der Waals surface area contributed by atoms with E-state index in [4.69, 9.17) is 18.9 Å². The van der Waals surface area contributed by atoms with Gasteiger partial charge in [-0.1, -0.05) is 41.5 Å². The van der Waals surface area contributed by atoms with Gasteiger partial charge in [0.1, 0.15) is 12.2 Å². The molecule has 0 spiro atoms. The highest BCUT2D eigenvalue weighted by Gasteiger charge is 2.82. The van der Waals surface area contributed by atoms with Gasteiger partial charge < -0.3 is 24.1 Å². The van der Waals surface area contributed by atoms with Crippen molar-refractivity contribution in [3.63, 3.8) is 0 Å². The molecule has 1 heterocycles. The van der Waals surface area contributed by atoms with Crippen LogP contribution in [0.15, 0.2) is 11.6 Å². The Kier molecular flexibility index (Phi) is 6.68. The summed E-state index contributed by atoms with van der Waals surface area (Å²) in [6.45, 7) is 15.3. The van der Waals surface area contributed by atoms with Gasteiger partial charge in [0.05, 0.1) is 17.9 Å². The summed E-state index contributed by atoms with van der Waals surface area (Å²) in [5.41, 5.74) is -2.54. The van der Waals surface area contributed by atoms with E-state index in [1.54, 1.807) is 33.8 Å². The average Bonchev–Trinajstić information content (AvgIpc) is 3.58. The minimum atomic E-state index is -1.29. The molecule has 0 radical (unpaired) electrons. The molecule has 2 saturated carbocycles. The monoisotopic (exact) mass is 520 g/mol. The lowest BCUT2D eigenvalue weighted by Crippen LogP contribution is -2.43. The number of aliphatic hydroxyl groups excluding tert-OH is 1. The van der Waals surface area contributed by atoms with Crippen molar-refractivity contribution in [3.05, 3.63) is 11.6 Å². The van der Waals surface area contributed by atoms with Gasteiger partial charge in [0.25, 0.3) is 0 Å². The number of hydrogen-bond donors (Lipinski definition) is 1. The standard InChI is InChI=1S/C28H40O9/c1-12(2)25(33)36-22-19-18(26(19,8)9)21(35-17(7)30)15(5)24(32)28-11-14(4)23(31)27(28,37-28)10-13(3)20(22)34-16(6)29/h10,12,14-15,18-23,31H,11H2,1-9H3/b13-10+/t14-,15-,18+,19-,20-,21+,22?,23-,27+,28+/m1/s1. The van der Waals surface area contributed by atoms with Crippen molar-refractivity contribution < 1.29 is 43.2 Å². The molecule has 0 aromatic carbocycles. The van der Waals surface area contributed by atoms with Crippen LogP contribution in [-0.2, 0) is 38.1 Å². The molecule has 3 aliphatic carbocycles. The van der Waals surface area contributed by atoms with Gasteiger partial charge in [0.15, 0.2) is 23.1 Å². The van der Waals surface area contributed by atoms with E-state index in [9.17, 15) is 24.3 Å². The van der Waals surface area contributed by atoms with E-state index < -0.39 is 70.8 Å². The predicted octanol–water partition coefficient (Wildman–Crippen LogP) is 2.76. The van der Waals surface area contributed by atoms with E-state index in [1.165, 1.54) is 13.8 Å². The molecule has 37 heavy (non-hydrogen) atoms. The number of fused-ring (bicyclic) bond motifs is 1. The number of Topliss-reactive ketones (excluding diaryl/α,β-unsaturated/α-hetero) is 1. The Balaban J connectivity index is 1.92. The number of esters is 3. The molecule has 1 saturated heterocycles. The number of carbonyl (C=O) groups excluding carboxylic acids is 4. The molecule has 206 valence electrons. The van der Waals surface area contributed by atoms with Gasteiger partial charge in [-0.05, 0) is 36.3 Å². The Labute approximate surface area is 218 Å². The van der Waals surface area contributed by atoms with Crippen molar-refractivity contribution in [2.75, 3.05) is 0 Å². The summed E-state index contributed by atoms with van der Waals surface area (Å²) in [6.07, 6.45) is -1.65. The molecule has 4 rings (SSSR count). The normalized spacial score (nSPS) is 45.3. The highest BCUT2D eigenvalue weighted by molar-refractivity contribution is 5.96. The van der Waals surface area contributed by atoms with Crippen LogP contribution in [0.2, 0.25) is 0 Å². The maximum Gasteiger partial charge on any atom is 0.308 e. The molecule has 4 aliphatic rings. The lowest BCUT2D eigenvalue weighted by molar-refractivity contribution is -0.170. The van der Waals surface area contributed by atoms with Gasteiger partial charge in [-0.2, -0.15) is 0 Å². The molecular formula is C28H40O9. The van der Waals surface area contributed by atoms with Crippen LogP contribution in [0.1, 0.15) is 68.7 Å². The molecule has 3 fully saturated rings. The summed E-state index contributed by atoms with van der Waals surface area (Å²) in [5, 5.41) is 11.2. The molecule has 9 heteroatoms. The number of ether oxygens (including phenoxy) is 4. The van der Waals surface area contributed by atoms with E-state index in [1.807, 2.05) is 20.8 Å². The second-order valence-electron chi connectivity index (χ2n) is 12.4. The highest BCUT2D eigenvalue weighted by atomic mass is 16.7. The van der Waals surface area contributed by atoms with E-state index in [0.29, 0.717) is 12.0 Å². The van der Waals surface area contributed by atoms with Crippen LogP contribution >= 0.6 is 0 Å². The van der Waals surface area contributed by atoms with Gasteiger partial charge in [0.2, 0.25) is 0 Å². The fraction of sp³-hybridized carbons (Fsp3) is 0.786. The molecule has 0 aromatic heterocycles. The SMILES string of the molecule is CC(=O)O[C@@H]1[C@@H]2[C@H](C(OC(=O)C(C)C)[C@H](OC(C)=O)/C(C)=C/[C@@]34O[C@@]3(C[C@@H](C)[C@H]4O)C(=O)[C@@H]1C)C2(C)C. The fourth-order valence-electron chi connectivity index (χ4n) is 7.11. The lowest BCUT2D eigenvalue weighted by atomic mass is 9.80. The topological polar surface area (TPSA) is 129 Å². The van der Waals surface area contributed by atoms with E-state index in [0.717, 1.165) is 0 Å². The Morgan fingerprint density at radius 2 is 1.59 bits per heavy atom. The van der Waals surface area contributed by atoms with Crippen molar-refractivity contribution in [1.29, 1.82) is 0 Å². The van der Waals surface area contributed by atoms with Gasteiger partial charge in [-0.15, -0.1) is 0 Å². The van der Waals surface area contributed by atoms with Crippen LogP contribution in [0.5, 0.6) is 0 Å². The van der Waals surface area contributed by atoms with Crippen LogP contribution in [0.4, 0.5) is 0 Å². The van der Waals surface area contributed by atoms with Crippen LogP contribution in [0.3, 0.4) is 0 Å². The smallest absolute Gasteiger partial charge is 0.308 e. The van der Waals surface area contributed by atoms with Crippen molar-refractivity contribution in [1.82, 2.24) is 0 Å². The summed E-state index contributed by atoms with van der Waals surface area (Å²) >= 11 is 0. The molecule has 1 aliphatic heterocycles. The third-order valence-electron chi connectivity index (χ3n) is 9.04. The fourth-order valence-corrected chi connectivity index (χ4v) is 7.11. The first-order valence-electron chi connectivity index (χ1n) is 13.2. The Hall–Kier alpha value is -2.26. The molecule has 9 nitrogen and oxygen atoms in total. The van der Waals surface area contributed by atoms with Crippen molar-refractivity contribution in [3.8, 4) is 0 Å². The molecule has 0 bridgehead atoms. The molecule has 1 N–H and O–H groups in total. The maximum atomic E-state index is 14.1. The molecule has 0 aromatic rings. The largest absolute Gasteiger partial charge is 0.461 e. The van der Waals surface area contributed by atoms with E-state index in [-0.39, 0.29) is 23.5 Å². The Morgan fingerprint density at radius 3 is 2.14 bits per heavy atom. The molecule has 10 atom stereocenters. The third-order valence-corrected chi connectivity index (χ3v) is 9.04. The van der Waals surface area contributed by atoms with Gasteiger partial charge >= 0.3 is 17.9 Å². The number of rotatable bonds is 4. The zero-order chi connectivity index (χ0) is 27.8. The predicted molar refractivity (Wildman–Crippen MR) is 131 cm³/mol. The first-order chi connectivity index (χ1) is 17.0. The summed E-state index contributed by atoms with van der Waals surface area (Å²) in [7, 11) is 0. The second-order valence-corrected chi connectivity index (χ2v) is 12.4. The number of carbonyl (C=O) groups is 4. The van der Waals surface area contributed by atoms with Gasteiger partial charge in [0, 0.05) is 25.7 Å². The van der Waals surface area contributed by atoms with Crippen LogP contribution < -0.4 is 0 Å². The molecule has 0 amide bonds. The minimum absolute atomic E-state index is 0.226. The summed E-state index contributed by atoms with van der Waals surface area (Å²) in [6, 6.07) is 0. The maximum absolute atomic E-state index is 14.1. The second kappa shape index (κ2) is 8.90. The van der Waals surface area contributed by atoms with Crippen molar-refractivity contribution >= 4 is 23.7 Å². The Bertz CT molecular complexity index is 1040. The van der Waals surface area contributed by atoms with Gasteiger partial charge in [-0.3, -0.25) is 19.2 Å².